The van der Waals surface area contributed by atoms with Gasteiger partial charge in [0.05, 0.1) is 11.4 Å². The van der Waals surface area contributed by atoms with Crippen LogP contribution in [0.25, 0.3) is 5.69 Å². The summed E-state index contributed by atoms with van der Waals surface area (Å²) in [7, 11) is 0. The van der Waals surface area contributed by atoms with Gasteiger partial charge in [-0.3, -0.25) is 9.59 Å². The fourth-order valence-electron chi connectivity index (χ4n) is 1.65. The summed E-state index contributed by atoms with van der Waals surface area (Å²) in [5.41, 5.74) is 1.00. The molecule has 100 valence electrons. The number of H-pyrrole nitrogens is 1. The number of aromatic nitrogens is 3. The number of pyridine rings is 1. The molecule has 0 bridgehead atoms. The predicted molar refractivity (Wildman–Crippen MR) is 73.1 cm³/mol. The first-order valence-corrected chi connectivity index (χ1v) is 6.16. The zero-order valence-electron chi connectivity index (χ0n) is 10.9. The Hall–Kier alpha value is -1.88. The minimum Gasteiger partial charge on any atom is -0.329 e. The second kappa shape index (κ2) is 4.66. The standard InChI is InChI=1S/C13H14ClN3O2/c1-13(2,3)10-7-9(12(14)19)17(16-10)8-4-5-15-11(18)6-8/h4-7H,1-3H3,(H,15,18). The van der Waals surface area contributed by atoms with Crippen molar-refractivity contribution in [2.24, 2.45) is 0 Å². The van der Waals surface area contributed by atoms with Crippen molar-refractivity contribution in [1.82, 2.24) is 14.8 Å². The monoisotopic (exact) mass is 279 g/mol. The molecule has 0 aliphatic carbocycles. The third-order valence-electron chi connectivity index (χ3n) is 2.68. The maximum Gasteiger partial charge on any atom is 0.270 e. The van der Waals surface area contributed by atoms with Crippen LogP contribution in [-0.2, 0) is 5.41 Å². The van der Waals surface area contributed by atoms with Crippen molar-refractivity contribution in [2.45, 2.75) is 26.2 Å². The van der Waals surface area contributed by atoms with E-state index in [9.17, 15) is 9.59 Å². The second-order valence-corrected chi connectivity index (χ2v) is 5.60. The zero-order chi connectivity index (χ0) is 14.2. The van der Waals surface area contributed by atoms with Crippen molar-refractivity contribution in [1.29, 1.82) is 0 Å². The molecule has 0 atom stereocenters. The number of aromatic amines is 1. The third kappa shape index (κ3) is 2.76. The Morgan fingerprint density at radius 3 is 2.58 bits per heavy atom. The normalized spacial score (nSPS) is 11.6. The van der Waals surface area contributed by atoms with E-state index in [0.29, 0.717) is 5.69 Å². The molecule has 0 aromatic carbocycles. The van der Waals surface area contributed by atoms with Crippen LogP contribution in [0.15, 0.2) is 29.2 Å². The lowest BCUT2D eigenvalue weighted by Gasteiger charge is -2.14. The minimum atomic E-state index is -0.608. The zero-order valence-corrected chi connectivity index (χ0v) is 11.7. The smallest absolute Gasteiger partial charge is 0.270 e. The molecule has 0 saturated heterocycles. The van der Waals surface area contributed by atoms with Crippen LogP contribution in [-0.4, -0.2) is 20.0 Å². The molecule has 0 radical (unpaired) electrons. The minimum absolute atomic E-state index is 0.215. The van der Waals surface area contributed by atoms with Gasteiger partial charge in [0.2, 0.25) is 5.56 Å². The van der Waals surface area contributed by atoms with E-state index in [-0.39, 0.29) is 16.7 Å². The first-order chi connectivity index (χ1) is 8.79. The van der Waals surface area contributed by atoms with E-state index in [0.717, 1.165) is 5.69 Å². The highest BCUT2D eigenvalue weighted by atomic mass is 35.5. The quantitative estimate of drug-likeness (QED) is 0.857. The molecule has 0 aliphatic rings. The van der Waals surface area contributed by atoms with Crippen molar-refractivity contribution in [3.05, 3.63) is 46.1 Å². The van der Waals surface area contributed by atoms with Gasteiger partial charge in [-0.05, 0) is 23.7 Å². The molecule has 2 aromatic heterocycles. The number of nitrogens with zero attached hydrogens (tertiary/aromatic N) is 2. The van der Waals surface area contributed by atoms with E-state index in [1.807, 2.05) is 20.8 Å². The molecule has 1 N–H and O–H groups in total. The topological polar surface area (TPSA) is 67.8 Å². The molecule has 0 spiro atoms. The van der Waals surface area contributed by atoms with Crippen molar-refractivity contribution >= 4 is 16.8 Å². The lowest BCUT2D eigenvalue weighted by Crippen LogP contribution is -2.13. The molecule has 6 heteroatoms. The molecule has 0 aliphatic heterocycles. The van der Waals surface area contributed by atoms with Crippen LogP contribution in [0.3, 0.4) is 0 Å². The summed E-state index contributed by atoms with van der Waals surface area (Å²) in [6.07, 6.45) is 1.50. The van der Waals surface area contributed by atoms with E-state index in [1.165, 1.54) is 16.9 Å². The largest absolute Gasteiger partial charge is 0.329 e. The first-order valence-electron chi connectivity index (χ1n) is 5.78. The Kier molecular flexibility index (Phi) is 3.32. The number of carbonyl (C=O) groups is 1. The Balaban J connectivity index is 2.65. The predicted octanol–water partition coefficient (Wildman–Crippen LogP) is 2.24. The van der Waals surface area contributed by atoms with Crippen LogP contribution in [0.1, 0.15) is 37.0 Å². The maximum absolute atomic E-state index is 11.5. The fourth-order valence-corrected chi connectivity index (χ4v) is 1.78. The fraction of sp³-hybridized carbons (Fsp3) is 0.308. The third-order valence-corrected chi connectivity index (χ3v) is 2.88. The van der Waals surface area contributed by atoms with E-state index in [2.05, 4.69) is 10.1 Å². The van der Waals surface area contributed by atoms with Crippen molar-refractivity contribution in [3.8, 4) is 5.69 Å². The number of carbonyl (C=O) groups excluding carboxylic acids is 1. The highest BCUT2D eigenvalue weighted by Gasteiger charge is 2.22. The molecule has 2 aromatic rings. The lowest BCUT2D eigenvalue weighted by atomic mass is 9.92. The van der Waals surface area contributed by atoms with Gasteiger partial charge >= 0.3 is 0 Å². The van der Waals surface area contributed by atoms with E-state index >= 15 is 0 Å². The average Bonchev–Trinajstić information content (AvgIpc) is 2.73. The van der Waals surface area contributed by atoms with E-state index in [1.54, 1.807) is 12.1 Å². The Morgan fingerprint density at radius 1 is 1.37 bits per heavy atom. The molecule has 0 unspecified atom stereocenters. The van der Waals surface area contributed by atoms with Gasteiger partial charge in [0.1, 0.15) is 5.69 Å². The lowest BCUT2D eigenvalue weighted by molar-refractivity contribution is 0.107. The number of hydrogen-bond acceptors (Lipinski definition) is 3. The Morgan fingerprint density at radius 2 is 2.05 bits per heavy atom. The molecule has 5 nitrogen and oxygen atoms in total. The van der Waals surface area contributed by atoms with Crippen molar-refractivity contribution in [2.75, 3.05) is 0 Å². The highest BCUT2D eigenvalue weighted by molar-refractivity contribution is 6.67. The number of halogens is 1. The maximum atomic E-state index is 11.5. The average molecular weight is 280 g/mol. The van der Waals surface area contributed by atoms with Crippen molar-refractivity contribution in [3.63, 3.8) is 0 Å². The van der Waals surface area contributed by atoms with Crippen LogP contribution in [0.2, 0.25) is 0 Å². The number of rotatable bonds is 2. The Labute approximate surface area is 115 Å². The summed E-state index contributed by atoms with van der Waals surface area (Å²) >= 11 is 5.58. The Bertz CT molecular complexity index is 680. The van der Waals surface area contributed by atoms with Gasteiger partial charge in [-0.2, -0.15) is 5.10 Å². The highest BCUT2D eigenvalue weighted by Crippen LogP contribution is 2.24. The summed E-state index contributed by atoms with van der Waals surface area (Å²) < 4.78 is 1.39. The van der Waals surface area contributed by atoms with Crippen molar-refractivity contribution < 1.29 is 4.79 Å². The molecule has 19 heavy (non-hydrogen) atoms. The van der Waals surface area contributed by atoms with Gasteiger partial charge in [0, 0.05) is 17.7 Å². The van der Waals surface area contributed by atoms with Crippen LogP contribution in [0.5, 0.6) is 0 Å². The van der Waals surface area contributed by atoms with Gasteiger partial charge in [0.25, 0.3) is 5.24 Å². The van der Waals surface area contributed by atoms with Gasteiger partial charge in [-0.15, -0.1) is 0 Å². The summed E-state index contributed by atoms with van der Waals surface area (Å²) in [5.74, 6) is 0. The van der Waals surface area contributed by atoms with Crippen LogP contribution >= 0.6 is 11.6 Å². The molecule has 2 rings (SSSR count). The summed E-state index contributed by atoms with van der Waals surface area (Å²) in [5, 5.41) is 3.76. The van der Waals surface area contributed by atoms with Crippen LogP contribution in [0, 0.1) is 0 Å². The van der Waals surface area contributed by atoms with Gasteiger partial charge in [0.15, 0.2) is 0 Å². The van der Waals surface area contributed by atoms with Crippen LogP contribution < -0.4 is 5.56 Å². The van der Waals surface area contributed by atoms with Gasteiger partial charge < -0.3 is 4.98 Å². The molecular weight excluding hydrogens is 266 g/mol. The van der Waals surface area contributed by atoms with Gasteiger partial charge in [-0.25, -0.2) is 4.68 Å². The molecule has 0 saturated carbocycles. The van der Waals surface area contributed by atoms with E-state index in [4.69, 9.17) is 11.6 Å². The number of nitrogens with one attached hydrogen (secondary N) is 1. The second-order valence-electron chi connectivity index (χ2n) is 5.26. The van der Waals surface area contributed by atoms with Gasteiger partial charge in [-0.1, -0.05) is 20.8 Å². The summed E-state index contributed by atoms with van der Waals surface area (Å²) in [4.78, 5) is 25.3. The van der Waals surface area contributed by atoms with Crippen LogP contribution in [0.4, 0.5) is 0 Å². The number of hydrogen-bond donors (Lipinski definition) is 1. The molecule has 0 amide bonds. The molecule has 2 heterocycles. The van der Waals surface area contributed by atoms with E-state index < -0.39 is 5.24 Å². The molecular formula is C13H14ClN3O2. The first kappa shape index (κ1) is 13.5. The summed E-state index contributed by atoms with van der Waals surface area (Å²) in [6.45, 7) is 5.96. The summed E-state index contributed by atoms with van der Waals surface area (Å²) in [6, 6.07) is 4.67. The molecule has 0 fully saturated rings. The SMILES string of the molecule is CC(C)(C)c1cc(C(=O)Cl)n(-c2cc[nH]c(=O)c2)n1.